The van der Waals surface area contributed by atoms with Crippen LogP contribution < -0.4 is 5.56 Å². The molecule has 0 radical (unpaired) electrons. The van der Waals surface area contributed by atoms with Crippen LogP contribution in [-0.2, 0) is 0 Å². The van der Waals surface area contributed by atoms with Crippen molar-refractivity contribution in [3.63, 3.8) is 0 Å². The first kappa shape index (κ1) is 9.40. The molecule has 14 heavy (non-hydrogen) atoms. The summed E-state index contributed by atoms with van der Waals surface area (Å²) >= 11 is 3.41. The van der Waals surface area contributed by atoms with E-state index in [9.17, 15) is 4.79 Å². The van der Waals surface area contributed by atoms with E-state index in [4.69, 9.17) is 0 Å². The zero-order valence-corrected chi connectivity index (χ0v) is 9.47. The van der Waals surface area contributed by atoms with Gasteiger partial charge in [-0.05, 0) is 31.5 Å². The third-order valence-corrected chi connectivity index (χ3v) is 3.09. The Hall–Kier alpha value is -1.16. The molecular formula is C10H9BrN2O. The first-order valence-corrected chi connectivity index (χ1v) is 5.04. The summed E-state index contributed by atoms with van der Waals surface area (Å²) in [5.74, 6) is 0. The second kappa shape index (κ2) is 3.20. The van der Waals surface area contributed by atoms with Gasteiger partial charge in [-0.1, -0.05) is 15.9 Å². The molecule has 0 aliphatic carbocycles. The van der Waals surface area contributed by atoms with E-state index in [-0.39, 0.29) is 5.56 Å². The third-order valence-electron chi connectivity index (χ3n) is 2.23. The van der Waals surface area contributed by atoms with Crippen molar-refractivity contribution < 1.29 is 0 Å². The molecule has 2 rings (SSSR count). The van der Waals surface area contributed by atoms with Gasteiger partial charge in [-0.25, -0.2) is 4.98 Å². The van der Waals surface area contributed by atoms with Crippen LogP contribution in [0, 0.1) is 13.8 Å². The number of nitrogens with zero attached hydrogens (tertiary/aromatic N) is 1. The normalized spacial score (nSPS) is 10.8. The number of hydrogen-bond donors (Lipinski definition) is 1. The minimum atomic E-state index is -0.126. The van der Waals surface area contributed by atoms with E-state index in [1.54, 1.807) is 6.92 Å². The van der Waals surface area contributed by atoms with Crippen LogP contribution in [0.2, 0.25) is 0 Å². The van der Waals surface area contributed by atoms with E-state index >= 15 is 0 Å². The fourth-order valence-corrected chi connectivity index (χ4v) is 1.69. The summed E-state index contributed by atoms with van der Waals surface area (Å²) in [5, 5.41) is 0. The van der Waals surface area contributed by atoms with Crippen LogP contribution in [0.15, 0.2) is 21.4 Å². The topological polar surface area (TPSA) is 45.8 Å². The van der Waals surface area contributed by atoms with Crippen molar-refractivity contribution >= 4 is 27.0 Å². The number of aromatic amines is 1. The summed E-state index contributed by atoms with van der Waals surface area (Å²) in [6, 6.07) is 3.82. The molecule has 0 unspecified atom stereocenters. The van der Waals surface area contributed by atoms with Gasteiger partial charge >= 0.3 is 0 Å². The molecule has 0 spiro atoms. The van der Waals surface area contributed by atoms with Gasteiger partial charge in [-0.3, -0.25) is 4.79 Å². The molecule has 1 aromatic carbocycles. The number of fused-ring (bicyclic) bond motifs is 1. The summed E-state index contributed by atoms with van der Waals surface area (Å²) in [7, 11) is 0. The number of nitrogens with one attached hydrogen (secondary N) is 1. The van der Waals surface area contributed by atoms with Gasteiger partial charge in [0.05, 0.1) is 11.0 Å². The van der Waals surface area contributed by atoms with Gasteiger partial charge in [0.1, 0.15) is 5.69 Å². The highest BCUT2D eigenvalue weighted by molar-refractivity contribution is 9.10. The van der Waals surface area contributed by atoms with Gasteiger partial charge in [0.2, 0.25) is 0 Å². The van der Waals surface area contributed by atoms with Crippen molar-refractivity contribution in [2.24, 2.45) is 0 Å². The standard InChI is InChI=1S/C10H9BrN2O/c1-5-7(11)3-4-8-9(5)13-10(14)6(2)12-8/h3-4H,1-2H3,(H,13,14). The van der Waals surface area contributed by atoms with Crippen LogP contribution >= 0.6 is 15.9 Å². The Kier molecular flexibility index (Phi) is 2.15. The number of hydrogen-bond acceptors (Lipinski definition) is 2. The van der Waals surface area contributed by atoms with E-state index in [0.29, 0.717) is 5.69 Å². The Morgan fingerprint density at radius 1 is 1.36 bits per heavy atom. The van der Waals surface area contributed by atoms with Crippen LogP contribution in [0.3, 0.4) is 0 Å². The summed E-state index contributed by atoms with van der Waals surface area (Å²) in [6.07, 6.45) is 0. The van der Waals surface area contributed by atoms with Crippen LogP contribution in [-0.4, -0.2) is 9.97 Å². The Balaban J connectivity index is 2.97. The Morgan fingerprint density at radius 3 is 2.79 bits per heavy atom. The highest BCUT2D eigenvalue weighted by Crippen LogP contribution is 2.21. The van der Waals surface area contributed by atoms with Crippen molar-refractivity contribution in [3.8, 4) is 0 Å². The largest absolute Gasteiger partial charge is 0.319 e. The van der Waals surface area contributed by atoms with Crippen molar-refractivity contribution in [2.75, 3.05) is 0 Å². The van der Waals surface area contributed by atoms with Crippen molar-refractivity contribution in [3.05, 3.63) is 38.2 Å². The lowest BCUT2D eigenvalue weighted by molar-refractivity contribution is 1.11. The third kappa shape index (κ3) is 1.35. The Bertz CT molecular complexity index is 560. The van der Waals surface area contributed by atoms with E-state index in [0.717, 1.165) is 21.1 Å². The van der Waals surface area contributed by atoms with Crippen molar-refractivity contribution in [1.82, 2.24) is 9.97 Å². The molecule has 0 amide bonds. The summed E-state index contributed by atoms with van der Waals surface area (Å²) in [5.41, 5.74) is 3.00. The quantitative estimate of drug-likeness (QED) is 0.782. The molecule has 2 aromatic rings. The van der Waals surface area contributed by atoms with Crippen LogP contribution in [0.5, 0.6) is 0 Å². The first-order valence-electron chi connectivity index (χ1n) is 4.25. The molecular weight excluding hydrogens is 244 g/mol. The smallest absolute Gasteiger partial charge is 0.269 e. The summed E-state index contributed by atoms with van der Waals surface area (Å²) in [4.78, 5) is 18.4. The van der Waals surface area contributed by atoms with Gasteiger partial charge in [0, 0.05) is 4.47 Å². The van der Waals surface area contributed by atoms with E-state index in [2.05, 4.69) is 25.9 Å². The van der Waals surface area contributed by atoms with Gasteiger partial charge in [0.15, 0.2) is 0 Å². The molecule has 72 valence electrons. The maximum atomic E-state index is 11.4. The van der Waals surface area contributed by atoms with Crippen LogP contribution in [0.1, 0.15) is 11.3 Å². The lowest BCUT2D eigenvalue weighted by Gasteiger charge is -2.03. The molecule has 3 nitrogen and oxygen atoms in total. The fourth-order valence-electron chi connectivity index (χ4n) is 1.36. The lowest BCUT2D eigenvalue weighted by Crippen LogP contribution is -2.12. The molecule has 0 bridgehead atoms. The minimum Gasteiger partial charge on any atom is -0.319 e. The molecule has 1 N–H and O–H groups in total. The molecule has 0 atom stereocenters. The predicted molar refractivity (Wildman–Crippen MR) is 59.5 cm³/mol. The van der Waals surface area contributed by atoms with Gasteiger partial charge in [-0.2, -0.15) is 0 Å². The summed E-state index contributed by atoms with van der Waals surface area (Å²) in [6.45, 7) is 3.65. The molecule has 0 aliphatic heterocycles. The van der Waals surface area contributed by atoms with Crippen molar-refractivity contribution in [1.29, 1.82) is 0 Å². The first-order chi connectivity index (χ1) is 6.59. The van der Waals surface area contributed by atoms with Crippen LogP contribution in [0.25, 0.3) is 11.0 Å². The number of aryl methyl sites for hydroxylation is 2. The zero-order valence-electron chi connectivity index (χ0n) is 7.89. The molecule has 0 saturated carbocycles. The Morgan fingerprint density at radius 2 is 2.07 bits per heavy atom. The molecule has 4 heteroatoms. The monoisotopic (exact) mass is 252 g/mol. The lowest BCUT2D eigenvalue weighted by atomic mass is 10.2. The van der Waals surface area contributed by atoms with Crippen molar-refractivity contribution in [2.45, 2.75) is 13.8 Å². The highest BCUT2D eigenvalue weighted by atomic mass is 79.9. The van der Waals surface area contributed by atoms with E-state index < -0.39 is 0 Å². The van der Waals surface area contributed by atoms with E-state index in [1.807, 2.05) is 19.1 Å². The number of rotatable bonds is 0. The minimum absolute atomic E-state index is 0.126. The van der Waals surface area contributed by atoms with Gasteiger partial charge in [0.25, 0.3) is 5.56 Å². The van der Waals surface area contributed by atoms with Gasteiger partial charge in [-0.15, -0.1) is 0 Å². The molecule has 1 heterocycles. The Labute approximate surface area is 89.3 Å². The molecule has 0 aliphatic rings. The fraction of sp³-hybridized carbons (Fsp3) is 0.200. The van der Waals surface area contributed by atoms with Crippen LogP contribution in [0.4, 0.5) is 0 Å². The SMILES string of the molecule is Cc1nc2ccc(Br)c(C)c2[nH]c1=O. The number of halogens is 1. The number of H-pyrrole nitrogens is 1. The molecule has 0 fully saturated rings. The second-order valence-electron chi connectivity index (χ2n) is 3.22. The second-order valence-corrected chi connectivity index (χ2v) is 4.07. The van der Waals surface area contributed by atoms with Gasteiger partial charge < -0.3 is 4.98 Å². The molecule has 1 aromatic heterocycles. The predicted octanol–water partition coefficient (Wildman–Crippen LogP) is 2.30. The highest BCUT2D eigenvalue weighted by Gasteiger charge is 2.04. The van der Waals surface area contributed by atoms with E-state index in [1.165, 1.54) is 0 Å². The number of benzene rings is 1. The number of aromatic nitrogens is 2. The molecule has 0 saturated heterocycles. The average Bonchev–Trinajstić information content (AvgIpc) is 2.15. The maximum absolute atomic E-state index is 11.4. The summed E-state index contributed by atoms with van der Waals surface area (Å²) < 4.78 is 0.978. The maximum Gasteiger partial charge on any atom is 0.269 e. The zero-order chi connectivity index (χ0) is 10.3. The average molecular weight is 253 g/mol.